The van der Waals surface area contributed by atoms with E-state index in [0.29, 0.717) is 17.0 Å². The topological polar surface area (TPSA) is 52.0 Å². The van der Waals surface area contributed by atoms with Crippen molar-refractivity contribution in [3.63, 3.8) is 0 Å². The molecule has 0 N–H and O–H groups in total. The molecule has 1 rings (SSSR count). The van der Waals surface area contributed by atoms with Crippen molar-refractivity contribution in [1.29, 1.82) is 0 Å². The van der Waals surface area contributed by atoms with Crippen molar-refractivity contribution in [1.82, 2.24) is 9.78 Å². The van der Waals surface area contributed by atoms with Gasteiger partial charge in [0, 0.05) is 18.3 Å². The van der Waals surface area contributed by atoms with E-state index in [1.165, 1.54) is 4.68 Å². The summed E-state index contributed by atoms with van der Waals surface area (Å²) in [6.45, 7) is 3.37. The van der Waals surface area contributed by atoms with Crippen molar-refractivity contribution in [2.24, 2.45) is 7.05 Å². The van der Waals surface area contributed by atoms with Gasteiger partial charge in [-0.05, 0) is 13.8 Å². The highest BCUT2D eigenvalue weighted by atomic mass is 32.3. The van der Waals surface area contributed by atoms with Gasteiger partial charge in [0.2, 0.25) is 0 Å². The van der Waals surface area contributed by atoms with Gasteiger partial charge in [0.1, 0.15) is 5.75 Å². The first-order valence-corrected chi connectivity index (χ1v) is 5.28. The van der Waals surface area contributed by atoms with Crippen LogP contribution in [0.5, 0.6) is 0 Å². The summed E-state index contributed by atoms with van der Waals surface area (Å²) in [6, 6.07) is 0. The standard InChI is InChI=1S/C7H11FN2O2S/c1-5-7(4-13(8,11)12)6(2)10(3)9-5/h4H2,1-3H3. The number of nitrogens with zero attached hydrogens (tertiary/aromatic N) is 2. The third-order valence-electron chi connectivity index (χ3n) is 1.98. The molecule has 0 atom stereocenters. The lowest BCUT2D eigenvalue weighted by molar-refractivity contribution is 0.550. The van der Waals surface area contributed by atoms with E-state index in [1.54, 1.807) is 20.9 Å². The minimum absolute atomic E-state index is 0.449. The Labute approximate surface area is 76.6 Å². The van der Waals surface area contributed by atoms with Crippen molar-refractivity contribution < 1.29 is 12.3 Å². The molecule has 0 amide bonds. The van der Waals surface area contributed by atoms with Crippen LogP contribution in [-0.2, 0) is 23.0 Å². The summed E-state index contributed by atoms with van der Waals surface area (Å²) in [4.78, 5) is 0. The zero-order chi connectivity index (χ0) is 10.2. The predicted molar refractivity (Wildman–Crippen MR) is 46.4 cm³/mol. The van der Waals surface area contributed by atoms with E-state index in [0.717, 1.165) is 0 Å². The number of aryl methyl sites for hydroxylation is 2. The average Bonchev–Trinajstić information content (AvgIpc) is 2.14. The predicted octanol–water partition coefficient (Wildman–Crippen LogP) is 0.836. The summed E-state index contributed by atoms with van der Waals surface area (Å²) in [7, 11) is -2.77. The van der Waals surface area contributed by atoms with Crippen LogP contribution in [0.2, 0.25) is 0 Å². The van der Waals surface area contributed by atoms with Gasteiger partial charge >= 0.3 is 10.2 Å². The Morgan fingerprint density at radius 3 is 2.31 bits per heavy atom. The highest BCUT2D eigenvalue weighted by Crippen LogP contribution is 2.15. The van der Waals surface area contributed by atoms with Gasteiger partial charge in [-0.1, -0.05) is 0 Å². The maximum Gasteiger partial charge on any atom is 0.306 e. The quantitative estimate of drug-likeness (QED) is 0.674. The van der Waals surface area contributed by atoms with Gasteiger partial charge in [-0.15, -0.1) is 3.89 Å². The highest BCUT2D eigenvalue weighted by molar-refractivity contribution is 7.85. The van der Waals surface area contributed by atoms with Crippen molar-refractivity contribution in [3.05, 3.63) is 17.0 Å². The largest absolute Gasteiger partial charge is 0.306 e. The summed E-state index contributed by atoms with van der Waals surface area (Å²) >= 11 is 0. The van der Waals surface area contributed by atoms with E-state index >= 15 is 0 Å². The van der Waals surface area contributed by atoms with Crippen molar-refractivity contribution in [2.75, 3.05) is 0 Å². The molecular weight excluding hydrogens is 195 g/mol. The van der Waals surface area contributed by atoms with Crippen LogP contribution in [0.15, 0.2) is 0 Å². The fraction of sp³-hybridized carbons (Fsp3) is 0.571. The second-order valence-corrected chi connectivity index (χ2v) is 4.32. The summed E-state index contributed by atoms with van der Waals surface area (Å²) in [5, 5.41) is 3.98. The van der Waals surface area contributed by atoms with E-state index in [1.807, 2.05) is 0 Å². The molecule has 1 heterocycles. The Morgan fingerprint density at radius 2 is 2.00 bits per heavy atom. The van der Waals surface area contributed by atoms with Crippen LogP contribution in [0.3, 0.4) is 0 Å². The van der Waals surface area contributed by atoms with Crippen LogP contribution in [0, 0.1) is 13.8 Å². The molecule has 0 fully saturated rings. The number of rotatable bonds is 2. The summed E-state index contributed by atoms with van der Waals surface area (Å²) in [6.07, 6.45) is 0. The van der Waals surface area contributed by atoms with Gasteiger partial charge in [-0.25, -0.2) is 0 Å². The molecule has 0 saturated heterocycles. The molecule has 0 saturated carbocycles. The van der Waals surface area contributed by atoms with Crippen LogP contribution in [0.4, 0.5) is 3.89 Å². The minimum Gasteiger partial charge on any atom is -0.272 e. The molecule has 4 nitrogen and oxygen atoms in total. The van der Waals surface area contributed by atoms with E-state index in [4.69, 9.17) is 0 Å². The summed E-state index contributed by atoms with van der Waals surface area (Å²) < 4.78 is 34.7. The zero-order valence-corrected chi connectivity index (χ0v) is 8.52. The molecule has 0 unspecified atom stereocenters. The Morgan fingerprint density at radius 1 is 1.46 bits per heavy atom. The first kappa shape index (κ1) is 10.2. The van der Waals surface area contributed by atoms with Crippen LogP contribution in [0.1, 0.15) is 17.0 Å². The van der Waals surface area contributed by atoms with Crippen LogP contribution >= 0.6 is 0 Å². The molecule has 1 aromatic rings. The maximum absolute atomic E-state index is 12.4. The van der Waals surface area contributed by atoms with Gasteiger partial charge < -0.3 is 0 Å². The summed E-state index contributed by atoms with van der Waals surface area (Å²) in [5.74, 6) is -0.585. The molecule has 0 aliphatic heterocycles. The molecule has 0 aliphatic rings. The van der Waals surface area contributed by atoms with Gasteiger partial charge in [0.15, 0.2) is 0 Å². The number of hydrogen-bond acceptors (Lipinski definition) is 3. The lowest BCUT2D eigenvalue weighted by atomic mass is 10.2. The molecule has 0 spiro atoms. The first-order valence-electron chi connectivity index (χ1n) is 3.72. The Kier molecular flexibility index (Phi) is 2.42. The summed E-state index contributed by atoms with van der Waals surface area (Å²) in [5.41, 5.74) is 1.69. The van der Waals surface area contributed by atoms with Gasteiger partial charge in [0.25, 0.3) is 0 Å². The Hall–Kier alpha value is -0.910. The molecule has 6 heteroatoms. The first-order chi connectivity index (χ1) is 5.81. The Bertz CT molecular complexity index is 422. The molecule has 1 aromatic heterocycles. The van der Waals surface area contributed by atoms with E-state index in [-0.39, 0.29) is 0 Å². The van der Waals surface area contributed by atoms with E-state index < -0.39 is 16.0 Å². The molecule has 0 aromatic carbocycles. The lowest BCUT2D eigenvalue weighted by Gasteiger charge is -1.96. The SMILES string of the molecule is Cc1nn(C)c(C)c1CS(=O)(=O)F. The highest BCUT2D eigenvalue weighted by Gasteiger charge is 2.16. The van der Waals surface area contributed by atoms with Gasteiger partial charge in [-0.3, -0.25) is 4.68 Å². The second-order valence-electron chi connectivity index (χ2n) is 2.96. The molecular formula is C7H11FN2O2S. The monoisotopic (exact) mass is 206 g/mol. The maximum atomic E-state index is 12.4. The fourth-order valence-corrected chi connectivity index (χ4v) is 1.96. The molecule has 0 bridgehead atoms. The fourth-order valence-electron chi connectivity index (χ4n) is 1.20. The van der Waals surface area contributed by atoms with Crippen LogP contribution < -0.4 is 0 Å². The number of halogens is 1. The van der Waals surface area contributed by atoms with Gasteiger partial charge in [0.05, 0.1) is 5.69 Å². The number of hydrogen-bond donors (Lipinski definition) is 0. The van der Waals surface area contributed by atoms with Crippen molar-refractivity contribution in [2.45, 2.75) is 19.6 Å². The third kappa shape index (κ3) is 2.27. The lowest BCUT2D eigenvalue weighted by Crippen LogP contribution is -1.99. The number of aromatic nitrogens is 2. The molecule has 0 radical (unpaired) electrons. The van der Waals surface area contributed by atoms with Crippen molar-refractivity contribution >= 4 is 10.2 Å². The second kappa shape index (κ2) is 3.10. The molecule has 13 heavy (non-hydrogen) atoms. The van der Waals surface area contributed by atoms with E-state index in [2.05, 4.69) is 5.10 Å². The van der Waals surface area contributed by atoms with Gasteiger partial charge in [-0.2, -0.15) is 13.5 Å². The normalized spacial score (nSPS) is 12.0. The zero-order valence-electron chi connectivity index (χ0n) is 7.70. The van der Waals surface area contributed by atoms with Crippen LogP contribution in [0.25, 0.3) is 0 Å². The average molecular weight is 206 g/mol. The molecule has 0 aliphatic carbocycles. The smallest absolute Gasteiger partial charge is 0.272 e. The van der Waals surface area contributed by atoms with Crippen molar-refractivity contribution in [3.8, 4) is 0 Å². The van der Waals surface area contributed by atoms with E-state index in [9.17, 15) is 12.3 Å². The Balaban J connectivity index is 3.15. The minimum atomic E-state index is -4.46. The molecule has 74 valence electrons. The third-order valence-corrected chi connectivity index (χ3v) is 2.61. The van der Waals surface area contributed by atoms with Crippen LogP contribution in [-0.4, -0.2) is 18.2 Å².